The summed E-state index contributed by atoms with van der Waals surface area (Å²) >= 11 is -2.42. The van der Waals surface area contributed by atoms with E-state index in [4.69, 9.17) is 16.6 Å². The van der Waals surface area contributed by atoms with Crippen LogP contribution >= 0.6 is 8.93 Å². The van der Waals surface area contributed by atoms with Crippen LogP contribution in [0.25, 0.3) is 0 Å². The number of hydrogen-bond donors (Lipinski definition) is 1. The first-order valence-corrected chi connectivity index (χ1v) is 13.0. The first kappa shape index (κ1) is 15.9. The molecule has 0 fully saturated rings. The fourth-order valence-corrected chi connectivity index (χ4v) is 7.10. The third kappa shape index (κ3) is 5.64. The van der Waals surface area contributed by atoms with E-state index in [1.165, 1.54) is 0 Å². The van der Waals surface area contributed by atoms with E-state index < -0.39 is 17.9 Å². The Kier molecular flexibility index (Phi) is 7.13. The van der Waals surface area contributed by atoms with Crippen LogP contribution in [-0.2, 0) is 6.13 Å². The van der Waals surface area contributed by atoms with Gasteiger partial charge in [0.25, 0.3) is 0 Å². The molecule has 0 aliphatic rings. The molecule has 4 nitrogen and oxygen atoms in total. The van der Waals surface area contributed by atoms with Crippen molar-refractivity contribution in [1.82, 2.24) is 0 Å². The molecule has 0 aromatic heterocycles. The van der Waals surface area contributed by atoms with Gasteiger partial charge in [-0.1, -0.05) is 0 Å². The van der Waals surface area contributed by atoms with Gasteiger partial charge >= 0.3 is 117 Å². The molecule has 0 amide bonds. The molecular weight excluding hydrogens is 365 g/mol. The van der Waals surface area contributed by atoms with E-state index in [2.05, 4.69) is 4.93 Å². The predicted octanol–water partition coefficient (Wildman–Crippen LogP) is -0.401. The number of nitrogen functional groups attached to an aromatic ring is 1. The molecule has 1 aromatic rings. The third-order valence-electron chi connectivity index (χ3n) is 2.25. The van der Waals surface area contributed by atoms with Crippen LogP contribution in [0.3, 0.4) is 0 Å². The predicted molar refractivity (Wildman–Crippen MR) is 73.4 cm³/mol. The van der Waals surface area contributed by atoms with Crippen molar-refractivity contribution in [2.24, 2.45) is 0 Å². The monoisotopic (exact) mass is 386 g/mol. The molecule has 0 unspecified atom stereocenters. The van der Waals surface area contributed by atoms with E-state index in [9.17, 15) is 0 Å². The minimum absolute atomic E-state index is 0.682. The molecule has 0 bridgehead atoms. The second-order valence-corrected chi connectivity index (χ2v) is 15.3. The van der Waals surface area contributed by atoms with Crippen molar-refractivity contribution in [2.45, 2.75) is 6.42 Å². The Morgan fingerprint density at radius 1 is 1.28 bits per heavy atom. The van der Waals surface area contributed by atoms with E-state index >= 15 is 0 Å². The molecule has 6 heteroatoms. The summed E-state index contributed by atoms with van der Waals surface area (Å²) in [6.07, 6.45) is 0.963. The van der Waals surface area contributed by atoms with Gasteiger partial charge in [0, 0.05) is 0 Å². The Hall–Kier alpha value is -0.180. The second-order valence-electron chi connectivity index (χ2n) is 3.55. The van der Waals surface area contributed by atoms with E-state index in [0.29, 0.717) is 6.61 Å². The zero-order valence-electron chi connectivity index (χ0n) is 11.0. The van der Waals surface area contributed by atoms with Crippen LogP contribution in [0.4, 0.5) is 5.69 Å². The summed E-state index contributed by atoms with van der Waals surface area (Å²) in [4.78, 5) is 2.08. The fraction of sp³-hybridized carbons (Fsp3) is 0.500. The van der Waals surface area contributed by atoms with Crippen LogP contribution in [0.2, 0.25) is 0 Å². The molecule has 0 aliphatic carbocycles. The number of nitrogens with two attached hydrogens (primary N) is 1. The summed E-state index contributed by atoms with van der Waals surface area (Å²) in [5.74, 6) is 1.80. The number of alkyl halides is 1. The van der Waals surface area contributed by atoms with E-state index in [1.54, 1.807) is 23.2 Å². The first-order valence-electron chi connectivity index (χ1n) is 5.55. The van der Waals surface area contributed by atoms with Crippen molar-refractivity contribution in [3.63, 3.8) is 0 Å². The SMILES string of the molecule is CO[I-](C)(OC)SCCCOc1cccc(N)c1. The van der Waals surface area contributed by atoms with E-state index in [1.807, 2.05) is 24.3 Å². The van der Waals surface area contributed by atoms with Crippen molar-refractivity contribution in [3.8, 4) is 5.75 Å². The van der Waals surface area contributed by atoms with Gasteiger partial charge in [0.15, 0.2) is 0 Å². The van der Waals surface area contributed by atoms with Crippen LogP contribution in [-0.4, -0.2) is 31.5 Å². The van der Waals surface area contributed by atoms with Crippen LogP contribution in [0, 0.1) is 0 Å². The molecule has 0 atom stereocenters. The van der Waals surface area contributed by atoms with Crippen LogP contribution < -0.4 is 28.3 Å². The average Bonchev–Trinajstić information content (AvgIpc) is 2.38. The Morgan fingerprint density at radius 2 is 2.00 bits per heavy atom. The number of benzene rings is 1. The van der Waals surface area contributed by atoms with E-state index in [-0.39, 0.29) is 0 Å². The van der Waals surface area contributed by atoms with Gasteiger partial charge in [0.1, 0.15) is 0 Å². The number of anilines is 1. The van der Waals surface area contributed by atoms with Crippen LogP contribution in [0.1, 0.15) is 6.42 Å². The molecule has 0 heterocycles. The van der Waals surface area contributed by atoms with Crippen molar-refractivity contribution in [2.75, 3.05) is 37.2 Å². The second kappa shape index (κ2) is 8.08. The third-order valence-corrected chi connectivity index (χ3v) is 12.7. The number of rotatable bonds is 8. The average molecular weight is 386 g/mol. The summed E-state index contributed by atoms with van der Waals surface area (Å²) in [6.45, 7) is 0.682. The van der Waals surface area contributed by atoms with Gasteiger partial charge in [-0.15, -0.1) is 0 Å². The summed E-state index contributed by atoms with van der Waals surface area (Å²) in [7, 11) is 5.23. The van der Waals surface area contributed by atoms with Crippen LogP contribution in [0.5, 0.6) is 5.75 Å². The van der Waals surface area contributed by atoms with Crippen molar-refractivity contribution in [3.05, 3.63) is 24.3 Å². The minimum atomic E-state index is -2.42. The molecule has 0 aliphatic heterocycles. The number of hydrogen-bond acceptors (Lipinski definition) is 5. The van der Waals surface area contributed by atoms with E-state index in [0.717, 1.165) is 23.6 Å². The Balaban J connectivity index is 2.19. The standard InChI is InChI=1S/C12H21INO3S/c1-13(15-2,16-3)18-9-5-8-17-12-7-4-6-11(14)10-12/h4,6-7,10H,5,8-9,14H2,1-3H3/q-1. The summed E-state index contributed by atoms with van der Waals surface area (Å²) in [5.41, 5.74) is 6.40. The van der Waals surface area contributed by atoms with Gasteiger partial charge < -0.3 is 0 Å². The molecule has 18 heavy (non-hydrogen) atoms. The van der Waals surface area contributed by atoms with Gasteiger partial charge in [0.05, 0.1) is 0 Å². The van der Waals surface area contributed by atoms with Crippen LogP contribution in [0.15, 0.2) is 24.3 Å². The molecule has 1 rings (SSSR count). The molecule has 2 N–H and O–H groups in total. The Bertz CT molecular complexity index is 361. The number of halogens is 1. The fourth-order valence-electron chi connectivity index (χ4n) is 1.20. The summed E-state index contributed by atoms with van der Waals surface area (Å²) in [6, 6.07) is 7.48. The molecule has 1 aromatic carbocycles. The van der Waals surface area contributed by atoms with Gasteiger partial charge in [-0.05, 0) is 0 Å². The number of ether oxygens (including phenoxy) is 1. The molecule has 0 spiro atoms. The maximum absolute atomic E-state index is 5.67. The first-order chi connectivity index (χ1) is 8.59. The van der Waals surface area contributed by atoms with Gasteiger partial charge in [-0.3, -0.25) is 0 Å². The summed E-state index contributed by atoms with van der Waals surface area (Å²) in [5, 5.41) is 0. The van der Waals surface area contributed by atoms with Gasteiger partial charge in [-0.25, -0.2) is 0 Å². The normalized spacial score (nSPS) is 12.4. The summed E-state index contributed by atoms with van der Waals surface area (Å²) < 4.78 is 16.5. The molecule has 0 saturated heterocycles. The maximum atomic E-state index is 5.67. The Morgan fingerprint density at radius 3 is 2.61 bits per heavy atom. The Labute approximate surface area is 117 Å². The van der Waals surface area contributed by atoms with Gasteiger partial charge in [-0.2, -0.15) is 0 Å². The van der Waals surface area contributed by atoms with Crippen molar-refractivity contribution in [1.29, 1.82) is 0 Å². The topological polar surface area (TPSA) is 53.7 Å². The van der Waals surface area contributed by atoms with Crippen molar-refractivity contribution >= 4 is 14.6 Å². The van der Waals surface area contributed by atoms with Crippen molar-refractivity contribution < 1.29 is 28.7 Å². The molecule has 0 radical (unpaired) electrons. The van der Waals surface area contributed by atoms with Gasteiger partial charge in [0.2, 0.25) is 0 Å². The zero-order chi connectivity index (χ0) is 13.4. The molecule has 0 saturated carbocycles. The quantitative estimate of drug-likeness (QED) is 0.285. The molecule has 106 valence electrons. The molecular formula is C12H21INO3S-. The zero-order valence-corrected chi connectivity index (χ0v) is 14.0.